The molecule has 3 aromatic carbocycles. The lowest BCUT2D eigenvalue weighted by Crippen LogP contribution is -2.31. The van der Waals surface area contributed by atoms with E-state index in [9.17, 15) is 9.59 Å². The maximum Gasteiger partial charge on any atom is 0.260 e. The maximum absolute atomic E-state index is 13.2. The standard InChI is InChI=1S/C23H21BrN2O2/c1-3-26(18-9-5-4-6-10-18)23(28)19-11-7-8-12-21(19)25-22(27)17-14-13-16(2)20(24)15-17/h4-15H,3H2,1-2H3,(H,25,27). The van der Waals surface area contributed by atoms with Crippen molar-refractivity contribution in [3.63, 3.8) is 0 Å². The van der Waals surface area contributed by atoms with Crippen molar-refractivity contribution < 1.29 is 9.59 Å². The maximum atomic E-state index is 13.2. The third-order valence-corrected chi connectivity index (χ3v) is 5.32. The quantitative estimate of drug-likeness (QED) is 0.559. The van der Waals surface area contributed by atoms with Crippen LogP contribution in [-0.2, 0) is 0 Å². The largest absolute Gasteiger partial charge is 0.321 e. The minimum absolute atomic E-state index is 0.158. The van der Waals surface area contributed by atoms with Gasteiger partial charge in [-0.05, 0) is 55.8 Å². The summed E-state index contributed by atoms with van der Waals surface area (Å²) >= 11 is 3.45. The minimum Gasteiger partial charge on any atom is -0.321 e. The first-order valence-corrected chi connectivity index (χ1v) is 9.84. The highest BCUT2D eigenvalue weighted by atomic mass is 79.9. The Morgan fingerprint density at radius 3 is 2.32 bits per heavy atom. The molecule has 0 aliphatic rings. The van der Waals surface area contributed by atoms with Gasteiger partial charge in [0.25, 0.3) is 11.8 Å². The highest BCUT2D eigenvalue weighted by Crippen LogP contribution is 2.23. The van der Waals surface area contributed by atoms with E-state index in [0.29, 0.717) is 23.4 Å². The van der Waals surface area contributed by atoms with Gasteiger partial charge in [-0.15, -0.1) is 0 Å². The van der Waals surface area contributed by atoms with Crippen LogP contribution in [0, 0.1) is 6.92 Å². The molecule has 0 saturated carbocycles. The summed E-state index contributed by atoms with van der Waals surface area (Å²) in [6.07, 6.45) is 0. The minimum atomic E-state index is -0.260. The smallest absolute Gasteiger partial charge is 0.260 e. The van der Waals surface area contributed by atoms with Crippen LogP contribution in [0.5, 0.6) is 0 Å². The topological polar surface area (TPSA) is 49.4 Å². The normalized spacial score (nSPS) is 10.4. The van der Waals surface area contributed by atoms with E-state index in [1.54, 1.807) is 41.3 Å². The van der Waals surface area contributed by atoms with Crippen molar-refractivity contribution in [3.8, 4) is 0 Å². The number of amides is 2. The summed E-state index contributed by atoms with van der Waals surface area (Å²) in [7, 11) is 0. The molecule has 1 N–H and O–H groups in total. The summed E-state index contributed by atoms with van der Waals surface area (Å²) in [6.45, 7) is 4.41. The van der Waals surface area contributed by atoms with E-state index in [4.69, 9.17) is 0 Å². The molecule has 0 spiro atoms. The summed E-state index contributed by atoms with van der Waals surface area (Å²) < 4.78 is 0.866. The number of anilines is 2. The molecule has 0 saturated heterocycles. The van der Waals surface area contributed by atoms with Crippen LogP contribution in [0.15, 0.2) is 77.3 Å². The lowest BCUT2D eigenvalue weighted by atomic mass is 10.1. The van der Waals surface area contributed by atoms with Gasteiger partial charge in [-0.2, -0.15) is 0 Å². The van der Waals surface area contributed by atoms with E-state index in [1.165, 1.54) is 0 Å². The molecular weight excluding hydrogens is 416 g/mol. The molecule has 142 valence electrons. The third-order valence-electron chi connectivity index (χ3n) is 4.47. The molecule has 5 heteroatoms. The zero-order valence-electron chi connectivity index (χ0n) is 15.8. The van der Waals surface area contributed by atoms with E-state index in [1.807, 2.05) is 50.2 Å². The SMILES string of the molecule is CCN(C(=O)c1ccccc1NC(=O)c1ccc(C)c(Br)c1)c1ccccc1. The van der Waals surface area contributed by atoms with Gasteiger partial charge in [0.05, 0.1) is 11.3 Å². The molecule has 0 heterocycles. The van der Waals surface area contributed by atoms with Gasteiger partial charge >= 0.3 is 0 Å². The fraction of sp³-hybridized carbons (Fsp3) is 0.130. The number of carbonyl (C=O) groups is 2. The van der Waals surface area contributed by atoms with Crippen molar-refractivity contribution in [2.24, 2.45) is 0 Å². The average Bonchev–Trinajstić information content (AvgIpc) is 2.71. The zero-order chi connectivity index (χ0) is 20.1. The molecule has 0 bridgehead atoms. The lowest BCUT2D eigenvalue weighted by molar-refractivity contribution is 0.0989. The Kier molecular flexibility index (Phi) is 6.26. The van der Waals surface area contributed by atoms with Gasteiger partial charge in [-0.1, -0.05) is 52.3 Å². The molecule has 0 aliphatic carbocycles. The Morgan fingerprint density at radius 2 is 1.64 bits per heavy atom. The fourth-order valence-corrected chi connectivity index (χ4v) is 3.28. The Bertz CT molecular complexity index is 1000. The van der Waals surface area contributed by atoms with Crippen molar-refractivity contribution in [1.82, 2.24) is 0 Å². The van der Waals surface area contributed by atoms with Crippen LogP contribution in [0.1, 0.15) is 33.2 Å². The number of hydrogen-bond donors (Lipinski definition) is 1. The third kappa shape index (κ3) is 4.31. The van der Waals surface area contributed by atoms with E-state index in [2.05, 4.69) is 21.2 Å². The number of hydrogen-bond acceptors (Lipinski definition) is 2. The van der Waals surface area contributed by atoms with Crippen molar-refractivity contribution in [2.75, 3.05) is 16.8 Å². The van der Waals surface area contributed by atoms with Gasteiger partial charge in [0.15, 0.2) is 0 Å². The van der Waals surface area contributed by atoms with Crippen LogP contribution in [-0.4, -0.2) is 18.4 Å². The predicted molar refractivity (Wildman–Crippen MR) is 117 cm³/mol. The summed E-state index contributed by atoms with van der Waals surface area (Å²) in [5, 5.41) is 2.88. The first kappa shape index (κ1) is 19.8. The number of nitrogens with zero attached hydrogens (tertiary/aromatic N) is 1. The molecule has 0 fully saturated rings. The molecule has 0 aliphatic heterocycles. The number of nitrogens with one attached hydrogen (secondary N) is 1. The van der Waals surface area contributed by atoms with Crippen LogP contribution < -0.4 is 10.2 Å². The van der Waals surface area contributed by atoms with Gasteiger partial charge in [-0.3, -0.25) is 9.59 Å². The van der Waals surface area contributed by atoms with Gasteiger partial charge in [0, 0.05) is 22.3 Å². The number of carbonyl (C=O) groups excluding carboxylic acids is 2. The predicted octanol–water partition coefficient (Wildman–Crippen LogP) is 5.68. The summed E-state index contributed by atoms with van der Waals surface area (Å²) in [4.78, 5) is 27.6. The second kappa shape index (κ2) is 8.85. The van der Waals surface area contributed by atoms with E-state index in [-0.39, 0.29) is 11.8 Å². The van der Waals surface area contributed by atoms with Crippen molar-refractivity contribution in [2.45, 2.75) is 13.8 Å². The van der Waals surface area contributed by atoms with Crippen molar-refractivity contribution >= 4 is 39.1 Å². The summed E-state index contributed by atoms with van der Waals surface area (Å²) in [6, 6.07) is 22.0. The first-order chi connectivity index (χ1) is 13.5. The Hall–Kier alpha value is -2.92. The van der Waals surface area contributed by atoms with Crippen molar-refractivity contribution in [1.29, 1.82) is 0 Å². The Morgan fingerprint density at radius 1 is 0.964 bits per heavy atom. The number of halogens is 1. The molecule has 3 aromatic rings. The second-order valence-electron chi connectivity index (χ2n) is 6.35. The van der Waals surface area contributed by atoms with E-state index >= 15 is 0 Å². The molecule has 0 aromatic heterocycles. The van der Waals surface area contributed by atoms with Gasteiger partial charge < -0.3 is 10.2 Å². The van der Waals surface area contributed by atoms with Gasteiger partial charge in [0.1, 0.15) is 0 Å². The first-order valence-electron chi connectivity index (χ1n) is 9.04. The highest BCUT2D eigenvalue weighted by Gasteiger charge is 2.20. The van der Waals surface area contributed by atoms with Crippen molar-refractivity contribution in [3.05, 3.63) is 94.0 Å². The molecule has 28 heavy (non-hydrogen) atoms. The highest BCUT2D eigenvalue weighted by molar-refractivity contribution is 9.10. The molecule has 0 atom stereocenters. The van der Waals surface area contributed by atoms with Crippen LogP contribution >= 0.6 is 15.9 Å². The fourth-order valence-electron chi connectivity index (χ4n) is 2.90. The van der Waals surface area contributed by atoms with Gasteiger partial charge in [-0.25, -0.2) is 0 Å². The monoisotopic (exact) mass is 436 g/mol. The molecular formula is C23H21BrN2O2. The molecule has 2 amide bonds. The van der Waals surface area contributed by atoms with Crippen LogP contribution in [0.3, 0.4) is 0 Å². The average molecular weight is 437 g/mol. The molecule has 0 radical (unpaired) electrons. The van der Waals surface area contributed by atoms with E-state index in [0.717, 1.165) is 15.7 Å². The molecule has 3 rings (SSSR count). The van der Waals surface area contributed by atoms with Crippen LogP contribution in [0.25, 0.3) is 0 Å². The molecule has 4 nitrogen and oxygen atoms in total. The number of rotatable bonds is 5. The van der Waals surface area contributed by atoms with Gasteiger partial charge in [0.2, 0.25) is 0 Å². The Balaban J connectivity index is 1.89. The number of para-hydroxylation sites is 2. The zero-order valence-corrected chi connectivity index (χ0v) is 17.4. The number of benzene rings is 3. The van der Waals surface area contributed by atoms with Crippen LogP contribution in [0.4, 0.5) is 11.4 Å². The Labute approximate surface area is 173 Å². The van der Waals surface area contributed by atoms with E-state index < -0.39 is 0 Å². The number of aryl methyl sites for hydroxylation is 1. The summed E-state index contributed by atoms with van der Waals surface area (Å²) in [5.74, 6) is -0.418. The van der Waals surface area contributed by atoms with Crippen LogP contribution in [0.2, 0.25) is 0 Å². The second-order valence-corrected chi connectivity index (χ2v) is 7.20. The summed E-state index contributed by atoms with van der Waals surface area (Å²) in [5.41, 5.74) is 3.33. The molecule has 0 unspecified atom stereocenters. The lowest BCUT2D eigenvalue weighted by Gasteiger charge is -2.22.